The zero-order valence-corrected chi connectivity index (χ0v) is 11.7. The number of carboxylic acid groups (broad SMARTS) is 1. The molecule has 1 unspecified atom stereocenters. The van der Waals surface area contributed by atoms with Crippen molar-refractivity contribution >= 4 is 34.2 Å². The van der Waals surface area contributed by atoms with Gasteiger partial charge in [0.05, 0.1) is 11.0 Å². The second-order valence-electron chi connectivity index (χ2n) is 5.00. The van der Waals surface area contributed by atoms with Crippen molar-refractivity contribution in [1.29, 1.82) is 0 Å². The number of hydrogen-bond donors (Lipinski definition) is 3. The fraction of sp³-hybridized carbons (Fsp3) is 0.417. The highest BCUT2D eigenvalue weighted by atomic mass is 32.1. The van der Waals surface area contributed by atoms with E-state index in [0.29, 0.717) is 13.0 Å². The Kier molecular flexibility index (Phi) is 3.67. The van der Waals surface area contributed by atoms with Gasteiger partial charge in [0.2, 0.25) is 5.91 Å². The van der Waals surface area contributed by atoms with Crippen LogP contribution in [0.3, 0.4) is 0 Å². The van der Waals surface area contributed by atoms with E-state index in [1.165, 1.54) is 11.0 Å². The Morgan fingerprint density at radius 2 is 2.20 bits per heavy atom. The summed E-state index contributed by atoms with van der Waals surface area (Å²) >= 11 is 1.14. The van der Waals surface area contributed by atoms with Crippen LogP contribution in [0.4, 0.5) is 9.80 Å². The lowest BCUT2D eigenvalue weighted by molar-refractivity contribution is -0.126. The standard InChI is InChI=1S/C12H15N3O4S/c1-12(10(13)18)3-4-15(6-12)11(19)14-8-7(9(16)17)2-5-20-8/h2,5H,3-4,6H2,1H3,(H2,13,18)(H,14,19)(H,16,17). The van der Waals surface area contributed by atoms with E-state index in [-0.39, 0.29) is 17.1 Å². The molecule has 0 saturated carbocycles. The molecule has 0 bridgehead atoms. The van der Waals surface area contributed by atoms with E-state index in [1.807, 2.05) is 0 Å². The Bertz CT molecular complexity index is 571. The number of thiophene rings is 1. The van der Waals surface area contributed by atoms with Crippen molar-refractivity contribution < 1.29 is 19.5 Å². The average molecular weight is 297 g/mol. The van der Waals surface area contributed by atoms with Crippen LogP contribution in [0, 0.1) is 5.41 Å². The summed E-state index contributed by atoms with van der Waals surface area (Å²) in [5.74, 6) is -1.53. The SMILES string of the molecule is CC1(C(N)=O)CCN(C(=O)Nc2sccc2C(=O)O)C1. The average Bonchev–Trinajstić information content (AvgIpc) is 2.96. The molecule has 3 amide bonds. The Balaban J connectivity index is 2.05. The molecule has 2 heterocycles. The van der Waals surface area contributed by atoms with Crippen LogP contribution < -0.4 is 11.1 Å². The van der Waals surface area contributed by atoms with Crippen molar-refractivity contribution in [3.8, 4) is 0 Å². The van der Waals surface area contributed by atoms with Gasteiger partial charge in [0.25, 0.3) is 0 Å². The molecule has 1 aliphatic rings. The van der Waals surface area contributed by atoms with Crippen molar-refractivity contribution in [3.05, 3.63) is 17.0 Å². The van der Waals surface area contributed by atoms with E-state index in [0.717, 1.165) is 11.3 Å². The fourth-order valence-corrected chi connectivity index (χ4v) is 2.85. The number of nitrogens with one attached hydrogen (secondary N) is 1. The first-order valence-electron chi connectivity index (χ1n) is 6.00. The molecule has 4 N–H and O–H groups in total. The zero-order valence-electron chi connectivity index (χ0n) is 10.9. The van der Waals surface area contributed by atoms with Crippen LogP contribution >= 0.6 is 11.3 Å². The second kappa shape index (κ2) is 5.12. The summed E-state index contributed by atoms with van der Waals surface area (Å²) in [5.41, 5.74) is 4.66. The number of anilines is 1. The zero-order chi connectivity index (χ0) is 14.9. The molecule has 1 saturated heterocycles. The van der Waals surface area contributed by atoms with E-state index < -0.39 is 23.3 Å². The summed E-state index contributed by atoms with van der Waals surface area (Å²) in [6, 6.07) is 1.01. The van der Waals surface area contributed by atoms with E-state index >= 15 is 0 Å². The van der Waals surface area contributed by atoms with Crippen LogP contribution in [0.2, 0.25) is 0 Å². The molecule has 0 spiro atoms. The Hall–Kier alpha value is -2.09. The Morgan fingerprint density at radius 1 is 1.50 bits per heavy atom. The number of amides is 3. The summed E-state index contributed by atoms with van der Waals surface area (Å²) < 4.78 is 0. The largest absolute Gasteiger partial charge is 0.478 e. The number of primary amides is 1. The van der Waals surface area contributed by atoms with Crippen LogP contribution in [-0.4, -0.2) is 41.0 Å². The summed E-state index contributed by atoms with van der Waals surface area (Å²) in [7, 11) is 0. The first-order chi connectivity index (χ1) is 9.33. The topological polar surface area (TPSA) is 113 Å². The van der Waals surface area contributed by atoms with E-state index in [1.54, 1.807) is 12.3 Å². The predicted molar refractivity (Wildman–Crippen MR) is 73.8 cm³/mol. The molecule has 1 aromatic heterocycles. The highest BCUT2D eigenvalue weighted by molar-refractivity contribution is 7.14. The number of urea groups is 1. The van der Waals surface area contributed by atoms with Crippen LogP contribution in [0.5, 0.6) is 0 Å². The van der Waals surface area contributed by atoms with Gasteiger partial charge in [-0.3, -0.25) is 10.1 Å². The molecule has 0 aromatic carbocycles. The second-order valence-corrected chi connectivity index (χ2v) is 5.91. The molecule has 108 valence electrons. The van der Waals surface area contributed by atoms with E-state index in [9.17, 15) is 14.4 Å². The molecule has 7 nitrogen and oxygen atoms in total. The van der Waals surface area contributed by atoms with Crippen molar-refractivity contribution in [1.82, 2.24) is 4.90 Å². The normalized spacial score (nSPS) is 21.8. The molecule has 0 aliphatic carbocycles. The monoisotopic (exact) mass is 297 g/mol. The molecule has 1 atom stereocenters. The highest BCUT2D eigenvalue weighted by Crippen LogP contribution is 2.30. The smallest absolute Gasteiger partial charge is 0.338 e. The predicted octanol–water partition coefficient (Wildman–Crippen LogP) is 1.18. The van der Waals surface area contributed by atoms with Gasteiger partial charge in [-0.25, -0.2) is 9.59 Å². The summed E-state index contributed by atoms with van der Waals surface area (Å²) in [5, 5.41) is 13.4. The minimum Gasteiger partial charge on any atom is -0.478 e. The lowest BCUT2D eigenvalue weighted by Gasteiger charge is -2.21. The van der Waals surface area contributed by atoms with Gasteiger partial charge < -0.3 is 15.7 Å². The minimum atomic E-state index is -1.09. The maximum absolute atomic E-state index is 12.1. The number of carboxylic acids is 1. The molecule has 0 radical (unpaired) electrons. The van der Waals surface area contributed by atoms with Crippen LogP contribution in [0.15, 0.2) is 11.4 Å². The molecule has 1 aliphatic heterocycles. The Morgan fingerprint density at radius 3 is 2.75 bits per heavy atom. The molecular formula is C12H15N3O4S. The first-order valence-corrected chi connectivity index (χ1v) is 6.88. The number of likely N-dealkylation sites (tertiary alicyclic amines) is 1. The first kappa shape index (κ1) is 14.3. The maximum Gasteiger partial charge on any atom is 0.338 e. The third-order valence-corrected chi connectivity index (χ3v) is 4.30. The van der Waals surface area contributed by atoms with Crippen LogP contribution in [0.25, 0.3) is 0 Å². The molecule has 2 rings (SSSR count). The maximum atomic E-state index is 12.1. The fourth-order valence-electron chi connectivity index (χ4n) is 2.09. The van der Waals surface area contributed by atoms with Gasteiger partial charge in [0, 0.05) is 13.1 Å². The number of aromatic carboxylic acids is 1. The van der Waals surface area contributed by atoms with Gasteiger partial charge in [0.15, 0.2) is 0 Å². The Labute approximate surface area is 119 Å². The van der Waals surface area contributed by atoms with Crippen molar-refractivity contribution in [2.24, 2.45) is 11.1 Å². The third-order valence-electron chi connectivity index (χ3n) is 3.47. The molecule has 20 heavy (non-hydrogen) atoms. The van der Waals surface area contributed by atoms with Gasteiger partial charge in [-0.15, -0.1) is 11.3 Å². The number of nitrogens with zero attached hydrogens (tertiary/aromatic N) is 1. The van der Waals surface area contributed by atoms with Crippen molar-refractivity contribution in [2.45, 2.75) is 13.3 Å². The number of hydrogen-bond acceptors (Lipinski definition) is 4. The number of nitrogens with two attached hydrogens (primary N) is 1. The molecule has 1 aromatic rings. The van der Waals surface area contributed by atoms with E-state index in [4.69, 9.17) is 10.8 Å². The van der Waals surface area contributed by atoms with Crippen molar-refractivity contribution in [3.63, 3.8) is 0 Å². The lowest BCUT2D eigenvalue weighted by Crippen LogP contribution is -2.40. The van der Waals surface area contributed by atoms with Gasteiger partial charge >= 0.3 is 12.0 Å². The number of rotatable bonds is 3. The number of carbonyl (C=O) groups is 3. The lowest BCUT2D eigenvalue weighted by atomic mass is 9.89. The van der Waals surface area contributed by atoms with Gasteiger partial charge in [-0.1, -0.05) is 0 Å². The minimum absolute atomic E-state index is 0.0557. The molecule has 1 fully saturated rings. The van der Waals surface area contributed by atoms with Crippen LogP contribution in [0.1, 0.15) is 23.7 Å². The van der Waals surface area contributed by atoms with E-state index in [2.05, 4.69) is 5.32 Å². The molecular weight excluding hydrogens is 282 g/mol. The van der Waals surface area contributed by atoms with Gasteiger partial charge in [0.1, 0.15) is 5.00 Å². The highest BCUT2D eigenvalue weighted by Gasteiger charge is 2.40. The van der Waals surface area contributed by atoms with Crippen molar-refractivity contribution in [2.75, 3.05) is 18.4 Å². The summed E-state index contributed by atoms with van der Waals surface area (Å²) in [6.45, 7) is 2.37. The molecule has 8 heteroatoms. The number of carbonyl (C=O) groups excluding carboxylic acids is 2. The summed E-state index contributed by atoms with van der Waals surface area (Å²) in [4.78, 5) is 35.8. The summed E-state index contributed by atoms with van der Waals surface area (Å²) in [6.07, 6.45) is 0.506. The third kappa shape index (κ3) is 2.60. The van der Waals surface area contributed by atoms with Gasteiger partial charge in [-0.2, -0.15) is 0 Å². The van der Waals surface area contributed by atoms with Crippen LogP contribution in [-0.2, 0) is 4.79 Å². The van der Waals surface area contributed by atoms with Gasteiger partial charge in [-0.05, 0) is 24.8 Å². The quantitative estimate of drug-likeness (QED) is 0.777.